The molecule has 0 aromatic carbocycles. The average Bonchev–Trinajstić information content (AvgIpc) is 2.42. The third-order valence-electron chi connectivity index (χ3n) is 2.92. The highest BCUT2D eigenvalue weighted by Crippen LogP contribution is 2.20. The molecule has 2 rings (SSSR count). The van der Waals surface area contributed by atoms with E-state index in [1.54, 1.807) is 0 Å². The highest BCUT2D eigenvalue weighted by atomic mass is 16.5. The van der Waals surface area contributed by atoms with Gasteiger partial charge in [0, 0.05) is 13.0 Å². The van der Waals surface area contributed by atoms with Crippen molar-refractivity contribution in [1.29, 1.82) is 0 Å². The normalized spacial score (nSPS) is 29.9. The Morgan fingerprint density at radius 2 is 2.33 bits per heavy atom. The molecule has 0 spiro atoms. The second-order valence-electron chi connectivity index (χ2n) is 4.76. The molecule has 1 atom stereocenters. The van der Waals surface area contributed by atoms with Gasteiger partial charge in [-0.1, -0.05) is 0 Å². The highest BCUT2D eigenvalue weighted by molar-refractivity contribution is 6.07. The van der Waals surface area contributed by atoms with Crippen LogP contribution in [0.3, 0.4) is 0 Å². The summed E-state index contributed by atoms with van der Waals surface area (Å²) in [6.45, 7) is 4.50. The number of carbonyl (C=O) groups excluding carboxylic acids is 1. The molecule has 0 saturated carbocycles. The van der Waals surface area contributed by atoms with E-state index in [2.05, 4.69) is 10.3 Å². The van der Waals surface area contributed by atoms with Gasteiger partial charge in [-0.2, -0.15) is 0 Å². The Morgan fingerprint density at radius 1 is 1.53 bits per heavy atom. The molecule has 15 heavy (non-hydrogen) atoms. The summed E-state index contributed by atoms with van der Waals surface area (Å²) >= 11 is 0. The van der Waals surface area contributed by atoms with Crippen molar-refractivity contribution in [3.05, 3.63) is 0 Å². The van der Waals surface area contributed by atoms with Crippen LogP contribution >= 0.6 is 0 Å². The highest BCUT2D eigenvalue weighted by Gasteiger charge is 2.34. The maximum Gasteiger partial charge on any atom is 0.252 e. The van der Waals surface area contributed by atoms with E-state index in [1.165, 1.54) is 6.42 Å². The van der Waals surface area contributed by atoms with Crippen LogP contribution in [0.5, 0.6) is 0 Å². The van der Waals surface area contributed by atoms with Crippen LogP contribution in [-0.4, -0.2) is 30.0 Å². The number of aliphatic imine (C=N–C) groups is 1. The lowest BCUT2D eigenvalue weighted by atomic mass is 10.1. The van der Waals surface area contributed by atoms with Gasteiger partial charge in [0.25, 0.3) is 5.91 Å². The van der Waals surface area contributed by atoms with Crippen LogP contribution < -0.4 is 5.32 Å². The molecule has 0 bridgehead atoms. The van der Waals surface area contributed by atoms with Crippen molar-refractivity contribution in [3.63, 3.8) is 0 Å². The first-order chi connectivity index (χ1) is 7.08. The summed E-state index contributed by atoms with van der Waals surface area (Å²) in [7, 11) is 0. The minimum atomic E-state index is -0.593. The van der Waals surface area contributed by atoms with Crippen LogP contribution in [0.15, 0.2) is 4.99 Å². The fraction of sp³-hybridized carbons (Fsp3) is 0.818. The van der Waals surface area contributed by atoms with Gasteiger partial charge in [0.15, 0.2) is 0 Å². The summed E-state index contributed by atoms with van der Waals surface area (Å²) < 4.78 is 5.61. The molecule has 1 amide bonds. The van der Waals surface area contributed by atoms with Crippen LogP contribution in [0, 0.1) is 0 Å². The first kappa shape index (κ1) is 10.6. The minimum absolute atomic E-state index is 0.00619. The molecule has 1 unspecified atom stereocenters. The van der Waals surface area contributed by atoms with Gasteiger partial charge in [0.1, 0.15) is 11.4 Å². The topological polar surface area (TPSA) is 50.7 Å². The average molecular weight is 210 g/mol. The molecule has 4 heteroatoms. The summed E-state index contributed by atoms with van der Waals surface area (Å²) in [5.41, 5.74) is -0.593. The third-order valence-corrected chi connectivity index (χ3v) is 2.92. The monoisotopic (exact) mass is 210 g/mol. The smallest absolute Gasteiger partial charge is 0.252 e. The number of amides is 1. The van der Waals surface area contributed by atoms with Gasteiger partial charge >= 0.3 is 0 Å². The molecular formula is C11H18N2O2. The predicted octanol–water partition coefficient (Wildman–Crippen LogP) is 1.25. The minimum Gasteiger partial charge on any atom is -0.378 e. The number of nitrogens with one attached hydrogen (secondary N) is 1. The van der Waals surface area contributed by atoms with E-state index < -0.39 is 5.54 Å². The first-order valence-electron chi connectivity index (χ1n) is 5.60. The third kappa shape index (κ3) is 2.37. The molecule has 0 aromatic rings. The van der Waals surface area contributed by atoms with E-state index in [4.69, 9.17) is 4.74 Å². The standard InChI is InChI=1S/C11H18N2O2/c1-11(2)10(14)12-9(13-11)7-8-5-3-4-6-15-8/h8H,3-7H2,1-2H3,(H,12,13,14). The van der Waals surface area contributed by atoms with Crippen molar-refractivity contribution >= 4 is 11.7 Å². The molecule has 2 aliphatic heterocycles. The molecule has 4 nitrogen and oxygen atoms in total. The number of amidine groups is 1. The lowest BCUT2D eigenvalue weighted by Crippen LogP contribution is -2.35. The van der Waals surface area contributed by atoms with E-state index in [0.717, 1.165) is 31.7 Å². The van der Waals surface area contributed by atoms with Crippen LogP contribution in [0.2, 0.25) is 0 Å². The lowest BCUT2D eigenvalue weighted by Gasteiger charge is -2.22. The molecule has 0 aliphatic carbocycles. The van der Waals surface area contributed by atoms with Crippen molar-refractivity contribution in [1.82, 2.24) is 5.32 Å². The molecule has 1 N–H and O–H groups in total. The fourth-order valence-corrected chi connectivity index (χ4v) is 1.98. The Hall–Kier alpha value is -0.900. The van der Waals surface area contributed by atoms with Crippen LogP contribution in [0.4, 0.5) is 0 Å². The molecule has 2 aliphatic rings. The van der Waals surface area contributed by atoms with Crippen LogP contribution in [-0.2, 0) is 9.53 Å². The van der Waals surface area contributed by atoms with Gasteiger partial charge in [0.05, 0.1) is 6.10 Å². The summed E-state index contributed by atoms with van der Waals surface area (Å²) in [6.07, 6.45) is 4.44. The SMILES string of the molecule is CC1(C)N=C(CC2CCCCO2)NC1=O. The molecular weight excluding hydrogens is 192 g/mol. The number of hydrogen-bond donors (Lipinski definition) is 1. The fourth-order valence-electron chi connectivity index (χ4n) is 1.98. The number of carbonyl (C=O) groups is 1. The molecule has 84 valence electrons. The van der Waals surface area contributed by atoms with Gasteiger partial charge in [-0.3, -0.25) is 9.79 Å². The molecule has 1 saturated heterocycles. The van der Waals surface area contributed by atoms with Gasteiger partial charge in [-0.05, 0) is 33.1 Å². The van der Waals surface area contributed by atoms with E-state index in [1.807, 2.05) is 13.8 Å². The lowest BCUT2D eigenvalue weighted by molar-refractivity contribution is -0.122. The zero-order chi connectivity index (χ0) is 10.9. The van der Waals surface area contributed by atoms with Gasteiger partial charge in [-0.25, -0.2) is 0 Å². The summed E-state index contributed by atoms with van der Waals surface area (Å²) in [5, 5.41) is 2.82. The Labute approximate surface area is 90.1 Å². The number of hydrogen-bond acceptors (Lipinski definition) is 3. The molecule has 0 aromatic heterocycles. The largest absolute Gasteiger partial charge is 0.378 e. The van der Waals surface area contributed by atoms with Crippen molar-refractivity contribution in [2.75, 3.05) is 6.61 Å². The second-order valence-corrected chi connectivity index (χ2v) is 4.76. The quantitative estimate of drug-likeness (QED) is 0.745. The maximum atomic E-state index is 11.5. The van der Waals surface area contributed by atoms with E-state index in [-0.39, 0.29) is 12.0 Å². The van der Waals surface area contributed by atoms with Gasteiger partial charge in [-0.15, -0.1) is 0 Å². The van der Waals surface area contributed by atoms with Crippen LogP contribution in [0.25, 0.3) is 0 Å². The number of rotatable bonds is 2. The van der Waals surface area contributed by atoms with Crippen molar-refractivity contribution in [2.24, 2.45) is 4.99 Å². The Bertz CT molecular complexity index is 291. The zero-order valence-corrected chi connectivity index (χ0v) is 9.38. The first-order valence-corrected chi connectivity index (χ1v) is 5.60. The Balaban J connectivity index is 1.93. The second kappa shape index (κ2) is 3.93. The Morgan fingerprint density at radius 3 is 2.87 bits per heavy atom. The van der Waals surface area contributed by atoms with E-state index in [0.29, 0.717) is 0 Å². The summed E-state index contributed by atoms with van der Waals surface area (Å²) in [4.78, 5) is 15.9. The predicted molar refractivity (Wildman–Crippen MR) is 57.9 cm³/mol. The van der Waals surface area contributed by atoms with Gasteiger partial charge < -0.3 is 10.1 Å². The maximum absolute atomic E-state index is 11.5. The van der Waals surface area contributed by atoms with Crippen molar-refractivity contribution in [3.8, 4) is 0 Å². The van der Waals surface area contributed by atoms with Crippen molar-refractivity contribution in [2.45, 2.75) is 51.2 Å². The Kier molecular flexibility index (Phi) is 2.78. The van der Waals surface area contributed by atoms with Crippen molar-refractivity contribution < 1.29 is 9.53 Å². The summed E-state index contributed by atoms with van der Waals surface area (Å²) in [5.74, 6) is 0.783. The van der Waals surface area contributed by atoms with E-state index >= 15 is 0 Å². The number of ether oxygens (including phenoxy) is 1. The molecule has 0 radical (unpaired) electrons. The van der Waals surface area contributed by atoms with E-state index in [9.17, 15) is 4.79 Å². The van der Waals surface area contributed by atoms with Gasteiger partial charge in [0.2, 0.25) is 0 Å². The zero-order valence-electron chi connectivity index (χ0n) is 9.38. The number of nitrogens with zero attached hydrogens (tertiary/aromatic N) is 1. The molecule has 1 fully saturated rings. The molecule has 2 heterocycles. The summed E-state index contributed by atoms with van der Waals surface area (Å²) in [6, 6.07) is 0. The van der Waals surface area contributed by atoms with Crippen LogP contribution in [0.1, 0.15) is 39.5 Å².